The fourth-order valence-corrected chi connectivity index (χ4v) is 3.67. The largest absolute Gasteiger partial charge is 0.481 e. The van der Waals surface area contributed by atoms with E-state index >= 15 is 0 Å². The van der Waals surface area contributed by atoms with Gasteiger partial charge < -0.3 is 10.1 Å². The van der Waals surface area contributed by atoms with Crippen LogP contribution in [-0.4, -0.2) is 26.5 Å². The molecule has 0 saturated carbocycles. The highest BCUT2D eigenvalue weighted by atomic mass is 32.2. The SMILES string of the molecule is Cc1ccc(C)c(OC(C)C(=O)Nc2ccc(S(=O)(=O)NC(C)C)cc2)c1. The van der Waals surface area contributed by atoms with E-state index in [1.807, 2.05) is 32.0 Å². The Labute approximate surface area is 161 Å². The molecule has 0 fully saturated rings. The molecule has 2 rings (SSSR count). The van der Waals surface area contributed by atoms with E-state index in [9.17, 15) is 13.2 Å². The van der Waals surface area contributed by atoms with Crippen molar-refractivity contribution in [1.29, 1.82) is 0 Å². The number of amides is 1. The zero-order valence-electron chi connectivity index (χ0n) is 16.2. The number of nitrogens with one attached hydrogen (secondary N) is 2. The molecule has 2 N–H and O–H groups in total. The second-order valence-corrected chi connectivity index (χ2v) is 8.53. The zero-order chi connectivity index (χ0) is 20.2. The summed E-state index contributed by atoms with van der Waals surface area (Å²) in [4.78, 5) is 12.5. The van der Waals surface area contributed by atoms with Crippen LogP contribution in [0.15, 0.2) is 47.4 Å². The molecular weight excluding hydrogens is 364 g/mol. The van der Waals surface area contributed by atoms with E-state index in [2.05, 4.69) is 10.0 Å². The minimum atomic E-state index is -3.56. The van der Waals surface area contributed by atoms with Gasteiger partial charge >= 0.3 is 0 Å². The average molecular weight is 391 g/mol. The lowest BCUT2D eigenvalue weighted by atomic mass is 10.1. The number of rotatable bonds is 7. The van der Waals surface area contributed by atoms with Crippen LogP contribution in [0, 0.1) is 13.8 Å². The Bertz CT molecular complexity index is 906. The highest BCUT2D eigenvalue weighted by Crippen LogP contribution is 2.21. The van der Waals surface area contributed by atoms with Crippen LogP contribution in [0.5, 0.6) is 5.75 Å². The second kappa shape index (κ2) is 8.54. The van der Waals surface area contributed by atoms with E-state index < -0.39 is 16.1 Å². The number of sulfonamides is 1. The Hall–Kier alpha value is -2.38. The van der Waals surface area contributed by atoms with E-state index in [1.54, 1.807) is 32.9 Å². The first-order valence-corrected chi connectivity index (χ1v) is 10.2. The zero-order valence-corrected chi connectivity index (χ0v) is 17.1. The maximum absolute atomic E-state index is 12.4. The Kier molecular flexibility index (Phi) is 6.62. The lowest BCUT2D eigenvalue weighted by Crippen LogP contribution is -2.31. The maximum atomic E-state index is 12.4. The molecule has 0 radical (unpaired) electrons. The summed E-state index contributed by atoms with van der Waals surface area (Å²) in [5.41, 5.74) is 2.50. The molecule has 0 heterocycles. The highest BCUT2D eigenvalue weighted by Gasteiger charge is 2.18. The molecule has 0 aromatic heterocycles. The van der Waals surface area contributed by atoms with Gasteiger partial charge in [0.1, 0.15) is 5.75 Å². The molecule has 2 aromatic rings. The van der Waals surface area contributed by atoms with Gasteiger partial charge in [-0.15, -0.1) is 0 Å². The molecule has 2 aromatic carbocycles. The lowest BCUT2D eigenvalue weighted by molar-refractivity contribution is -0.122. The molecule has 6 nitrogen and oxygen atoms in total. The smallest absolute Gasteiger partial charge is 0.265 e. The number of hydrogen-bond donors (Lipinski definition) is 2. The number of carbonyl (C=O) groups is 1. The summed E-state index contributed by atoms with van der Waals surface area (Å²) in [6.45, 7) is 9.06. The van der Waals surface area contributed by atoms with Gasteiger partial charge in [0.2, 0.25) is 10.0 Å². The van der Waals surface area contributed by atoms with E-state index in [0.717, 1.165) is 11.1 Å². The Morgan fingerprint density at radius 3 is 2.22 bits per heavy atom. The summed E-state index contributed by atoms with van der Waals surface area (Å²) in [5, 5.41) is 2.74. The van der Waals surface area contributed by atoms with Crippen molar-refractivity contribution >= 4 is 21.6 Å². The van der Waals surface area contributed by atoms with E-state index in [-0.39, 0.29) is 16.8 Å². The molecule has 0 aliphatic heterocycles. The number of aryl methyl sites for hydroxylation is 2. The van der Waals surface area contributed by atoms with Crippen LogP contribution in [0.25, 0.3) is 0 Å². The minimum absolute atomic E-state index is 0.147. The molecule has 0 aliphatic carbocycles. The van der Waals surface area contributed by atoms with Crippen LogP contribution in [-0.2, 0) is 14.8 Å². The number of benzene rings is 2. The molecule has 0 bridgehead atoms. The Morgan fingerprint density at radius 2 is 1.63 bits per heavy atom. The molecule has 146 valence electrons. The van der Waals surface area contributed by atoms with Crippen LogP contribution >= 0.6 is 0 Å². The Morgan fingerprint density at radius 1 is 1.00 bits per heavy atom. The highest BCUT2D eigenvalue weighted by molar-refractivity contribution is 7.89. The van der Waals surface area contributed by atoms with Gasteiger partial charge in [-0.1, -0.05) is 12.1 Å². The second-order valence-electron chi connectivity index (χ2n) is 6.82. The molecule has 0 saturated heterocycles. The van der Waals surface area contributed by atoms with Crippen LogP contribution in [0.1, 0.15) is 31.9 Å². The molecule has 1 unspecified atom stereocenters. The third-order valence-corrected chi connectivity index (χ3v) is 5.51. The van der Waals surface area contributed by atoms with Gasteiger partial charge in [0, 0.05) is 11.7 Å². The minimum Gasteiger partial charge on any atom is -0.481 e. The standard InChI is InChI=1S/C20H26N2O4S/c1-13(2)22-27(24,25)18-10-8-17(9-11-18)21-20(23)16(5)26-19-12-14(3)6-7-15(19)4/h6-13,16,22H,1-5H3,(H,21,23). The topological polar surface area (TPSA) is 84.5 Å². The lowest BCUT2D eigenvalue weighted by Gasteiger charge is -2.17. The maximum Gasteiger partial charge on any atom is 0.265 e. The van der Waals surface area contributed by atoms with Crippen molar-refractivity contribution in [3.63, 3.8) is 0 Å². The number of anilines is 1. The van der Waals surface area contributed by atoms with Gasteiger partial charge in [0.15, 0.2) is 6.10 Å². The number of carbonyl (C=O) groups excluding carboxylic acids is 1. The summed E-state index contributed by atoms with van der Waals surface area (Å²) in [5.74, 6) is 0.352. The van der Waals surface area contributed by atoms with Gasteiger partial charge in [-0.25, -0.2) is 13.1 Å². The predicted molar refractivity (Wildman–Crippen MR) is 107 cm³/mol. The Balaban J connectivity index is 2.04. The van der Waals surface area contributed by atoms with E-state index in [1.165, 1.54) is 12.1 Å². The van der Waals surface area contributed by atoms with Crippen molar-refractivity contribution in [1.82, 2.24) is 4.72 Å². The first-order valence-electron chi connectivity index (χ1n) is 8.75. The quantitative estimate of drug-likeness (QED) is 0.759. The van der Waals surface area contributed by atoms with Gasteiger partial charge in [-0.3, -0.25) is 4.79 Å². The summed E-state index contributed by atoms with van der Waals surface area (Å²) >= 11 is 0. The summed E-state index contributed by atoms with van der Waals surface area (Å²) in [6, 6.07) is 11.6. The molecule has 0 spiro atoms. The van der Waals surface area contributed by atoms with Crippen molar-refractivity contribution in [2.24, 2.45) is 0 Å². The molecule has 7 heteroatoms. The van der Waals surface area contributed by atoms with Crippen molar-refractivity contribution < 1.29 is 17.9 Å². The normalized spacial score (nSPS) is 12.7. The van der Waals surface area contributed by atoms with Gasteiger partial charge in [0.05, 0.1) is 4.90 Å². The number of ether oxygens (including phenoxy) is 1. The fourth-order valence-electron chi connectivity index (χ4n) is 2.42. The van der Waals surface area contributed by atoms with Crippen LogP contribution < -0.4 is 14.8 Å². The van der Waals surface area contributed by atoms with Gasteiger partial charge in [-0.2, -0.15) is 0 Å². The third kappa shape index (κ3) is 5.80. The van der Waals surface area contributed by atoms with Crippen LogP contribution in [0.4, 0.5) is 5.69 Å². The molecule has 27 heavy (non-hydrogen) atoms. The average Bonchev–Trinajstić information content (AvgIpc) is 2.57. The van der Waals surface area contributed by atoms with Crippen LogP contribution in [0.3, 0.4) is 0 Å². The fraction of sp³-hybridized carbons (Fsp3) is 0.350. The first kappa shape index (κ1) is 20.9. The van der Waals surface area contributed by atoms with Gasteiger partial charge in [0.25, 0.3) is 5.91 Å². The van der Waals surface area contributed by atoms with Crippen LogP contribution in [0.2, 0.25) is 0 Å². The summed E-state index contributed by atoms with van der Waals surface area (Å²) in [6.07, 6.45) is -0.698. The van der Waals surface area contributed by atoms with Crippen molar-refractivity contribution in [3.05, 3.63) is 53.6 Å². The van der Waals surface area contributed by atoms with Crippen molar-refractivity contribution in [2.75, 3.05) is 5.32 Å². The molecular formula is C20H26N2O4S. The van der Waals surface area contributed by atoms with E-state index in [0.29, 0.717) is 11.4 Å². The van der Waals surface area contributed by atoms with E-state index in [4.69, 9.17) is 4.74 Å². The van der Waals surface area contributed by atoms with Crippen molar-refractivity contribution in [2.45, 2.75) is 51.7 Å². The predicted octanol–water partition coefficient (Wildman–Crippen LogP) is 3.40. The monoisotopic (exact) mass is 390 g/mol. The number of hydrogen-bond acceptors (Lipinski definition) is 4. The molecule has 0 aliphatic rings. The molecule has 1 atom stereocenters. The molecule has 1 amide bonds. The van der Waals surface area contributed by atoms with Gasteiger partial charge in [-0.05, 0) is 76.1 Å². The first-order chi connectivity index (χ1) is 12.6. The summed E-state index contributed by atoms with van der Waals surface area (Å²) < 4.78 is 32.5. The van der Waals surface area contributed by atoms with Crippen molar-refractivity contribution in [3.8, 4) is 5.75 Å². The summed E-state index contributed by atoms with van der Waals surface area (Å²) in [7, 11) is -3.56. The third-order valence-electron chi connectivity index (χ3n) is 3.84.